The Bertz CT molecular complexity index is 687. The minimum Gasteiger partial charge on any atom is -0.395 e. The third kappa shape index (κ3) is 4.35. The van der Waals surface area contributed by atoms with Crippen molar-refractivity contribution in [3.63, 3.8) is 0 Å². The molecule has 0 bridgehead atoms. The van der Waals surface area contributed by atoms with E-state index in [2.05, 4.69) is 17.2 Å². The van der Waals surface area contributed by atoms with Gasteiger partial charge in [0, 0.05) is 31.6 Å². The molecule has 25 heavy (non-hydrogen) atoms. The maximum Gasteiger partial charge on any atom is 0.278 e. The summed E-state index contributed by atoms with van der Waals surface area (Å²) in [6.45, 7) is 1.20. The number of carbonyl (C=O) groups excluding carboxylic acids is 3. The topological polar surface area (TPSA) is 119 Å². The second-order valence-electron chi connectivity index (χ2n) is 5.31. The fraction of sp³-hybridized carbons (Fsp3) is 0.353. The highest BCUT2D eigenvalue weighted by molar-refractivity contribution is 6.12. The molecule has 1 atom stereocenters. The van der Waals surface area contributed by atoms with E-state index in [-0.39, 0.29) is 12.2 Å². The summed E-state index contributed by atoms with van der Waals surface area (Å²) in [6, 6.07) is 6.27. The zero-order chi connectivity index (χ0) is 19.0. The lowest BCUT2D eigenvalue weighted by atomic mass is 9.96. The molecule has 134 valence electrons. The molecular weight excluding hydrogens is 326 g/mol. The number of nitrogens with one attached hydrogen (secondary N) is 2. The summed E-state index contributed by atoms with van der Waals surface area (Å²) in [5.74, 6) is 3.23. The first-order valence-electron chi connectivity index (χ1n) is 7.47. The van der Waals surface area contributed by atoms with Crippen molar-refractivity contribution in [3.05, 3.63) is 35.4 Å². The van der Waals surface area contributed by atoms with Crippen LogP contribution in [-0.4, -0.2) is 59.2 Å². The highest BCUT2D eigenvalue weighted by atomic mass is 16.5. The number of hydrogen-bond donors (Lipinski definition) is 4. The maximum atomic E-state index is 12.6. The first-order valence-corrected chi connectivity index (χ1v) is 7.47. The zero-order valence-electron chi connectivity index (χ0n) is 14.3. The van der Waals surface area contributed by atoms with Crippen molar-refractivity contribution < 1.29 is 24.7 Å². The molecule has 0 radical (unpaired) electrons. The molecule has 0 heterocycles. The molecule has 4 N–H and O–H groups in total. The summed E-state index contributed by atoms with van der Waals surface area (Å²) >= 11 is 0. The van der Waals surface area contributed by atoms with E-state index < -0.39 is 23.3 Å². The van der Waals surface area contributed by atoms with E-state index in [1.54, 1.807) is 12.1 Å². The van der Waals surface area contributed by atoms with E-state index in [9.17, 15) is 14.4 Å². The van der Waals surface area contributed by atoms with Crippen LogP contribution in [0.2, 0.25) is 0 Å². The molecule has 0 saturated heterocycles. The number of rotatable bonds is 5. The monoisotopic (exact) mass is 347 g/mol. The predicted molar refractivity (Wildman–Crippen MR) is 89.5 cm³/mol. The van der Waals surface area contributed by atoms with Crippen LogP contribution in [-0.2, 0) is 9.59 Å². The van der Waals surface area contributed by atoms with Crippen molar-refractivity contribution in [2.24, 2.45) is 0 Å². The molecule has 1 unspecified atom stereocenters. The Hall–Kier alpha value is -2.89. The van der Waals surface area contributed by atoms with Crippen molar-refractivity contribution in [1.29, 1.82) is 0 Å². The fourth-order valence-corrected chi connectivity index (χ4v) is 2.07. The smallest absolute Gasteiger partial charge is 0.278 e. The fourth-order valence-electron chi connectivity index (χ4n) is 2.07. The maximum absolute atomic E-state index is 12.6. The molecule has 0 spiro atoms. The van der Waals surface area contributed by atoms with Gasteiger partial charge in [0.2, 0.25) is 0 Å². The van der Waals surface area contributed by atoms with E-state index in [0.29, 0.717) is 12.0 Å². The average molecular weight is 347 g/mol. The lowest BCUT2D eigenvalue weighted by Gasteiger charge is -2.34. The molecule has 0 fully saturated rings. The number of amides is 3. The number of likely N-dealkylation sites (N-methyl/N-ethyl adjacent to an activating group) is 2. The van der Waals surface area contributed by atoms with E-state index in [0.717, 1.165) is 4.90 Å². The van der Waals surface area contributed by atoms with Gasteiger partial charge in [0.25, 0.3) is 17.7 Å². The molecule has 0 aliphatic rings. The standard InChI is InChI=1S/C17H21N3O5/c1-17(15(23)18-2,16(24)19-25)20(3)14(22)13-9-7-12(8-10-13)6-4-5-11-21/h7-10,21,25H,5,11H2,1-3H3,(H,18,23)(H,19,24). The number of aliphatic hydroxyl groups excluding tert-OH is 1. The summed E-state index contributed by atoms with van der Waals surface area (Å²) in [7, 11) is 2.62. The number of aliphatic hydroxyl groups is 1. The van der Waals surface area contributed by atoms with Crippen LogP contribution < -0.4 is 10.8 Å². The lowest BCUT2D eigenvalue weighted by molar-refractivity contribution is -0.148. The Kier molecular flexibility index (Phi) is 7.11. The Labute approximate surface area is 145 Å². The number of nitrogens with zero attached hydrogens (tertiary/aromatic N) is 1. The van der Waals surface area contributed by atoms with E-state index in [1.165, 1.54) is 38.6 Å². The number of carbonyl (C=O) groups is 3. The van der Waals surface area contributed by atoms with Gasteiger partial charge in [0.1, 0.15) is 0 Å². The average Bonchev–Trinajstić information content (AvgIpc) is 2.65. The van der Waals surface area contributed by atoms with Crippen LogP contribution in [0.15, 0.2) is 24.3 Å². The second-order valence-corrected chi connectivity index (χ2v) is 5.31. The van der Waals surface area contributed by atoms with Crippen molar-refractivity contribution in [1.82, 2.24) is 15.7 Å². The molecule has 1 aromatic rings. The summed E-state index contributed by atoms with van der Waals surface area (Å²) in [4.78, 5) is 37.6. The summed E-state index contributed by atoms with van der Waals surface area (Å²) in [5.41, 5.74) is 0.391. The van der Waals surface area contributed by atoms with Gasteiger partial charge in [0.15, 0.2) is 5.54 Å². The zero-order valence-corrected chi connectivity index (χ0v) is 14.3. The Balaban J connectivity index is 3.10. The SMILES string of the molecule is CNC(=O)C(C)(C(=O)NO)N(C)C(=O)c1ccc(C#CCCO)cc1. The summed E-state index contributed by atoms with van der Waals surface area (Å²) in [5, 5.41) is 19.9. The summed E-state index contributed by atoms with van der Waals surface area (Å²) in [6.07, 6.45) is 0.351. The number of hydroxylamine groups is 1. The van der Waals surface area contributed by atoms with Crippen LogP contribution in [0, 0.1) is 11.8 Å². The van der Waals surface area contributed by atoms with Gasteiger partial charge in [-0.05, 0) is 31.2 Å². The third-order valence-corrected chi connectivity index (χ3v) is 3.79. The van der Waals surface area contributed by atoms with Gasteiger partial charge in [0.05, 0.1) is 6.61 Å². The Morgan fingerprint density at radius 3 is 2.28 bits per heavy atom. The van der Waals surface area contributed by atoms with Gasteiger partial charge >= 0.3 is 0 Å². The molecule has 1 rings (SSSR count). The molecule has 0 aliphatic carbocycles. The van der Waals surface area contributed by atoms with Crippen LogP contribution in [0.5, 0.6) is 0 Å². The van der Waals surface area contributed by atoms with E-state index in [1.807, 2.05) is 0 Å². The molecular formula is C17H21N3O5. The van der Waals surface area contributed by atoms with Gasteiger partial charge in [-0.2, -0.15) is 0 Å². The van der Waals surface area contributed by atoms with Gasteiger partial charge < -0.3 is 15.3 Å². The molecule has 3 amide bonds. The number of hydrogen-bond acceptors (Lipinski definition) is 5. The van der Waals surface area contributed by atoms with Gasteiger partial charge in [-0.3, -0.25) is 19.6 Å². The molecule has 0 aliphatic heterocycles. The van der Waals surface area contributed by atoms with Crippen molar-refractivity contribution in [2.75, 3.05) is 20.7 Å². The quantitative estimate of drug-likeness (QED) is 0.248. The molecule has 0 aromatic heterocycles. The second kappa shape index (κ2) is 8.82. The third-order valence-electron chi connectivity index (χ3n) is 3.79. The summed E-state index contributed by atoms with van der Waals surface area (Å²) < 4.78 is 0. The van der Waals surface area contributed by atoms with Crippen LogP contribution >= 0.6 is 0 Å². The van der Waals surface area contributed by atoms with Crippen molar-refractivity contribution >= 4 is 17.7 Å². The van der Waals surface area contributed by atoms with Crippen LogP contribution in [0.3, 0.4) is 0 Å². The Morgan fingerprint density at radius 2 is 1.80 bits per heavy atom. The van der Waals surface area contributed by atoms with Crippen LogP contribution in [0.1, 0.15) is 29.3 Å². The number of benzene rings is 1. The molecule has 1 aromatic carbocycles. The van der Waals surface area contributed by atoms with Gasteiger partial charge in [-0.1, -0.05) is 11.8 Å². The Morgan fingerprint density at radius 1 is 1.20 bits per heavy atom. The van der Waals surface area contributed by atoms with Crippen LogP contribution in [0.25, 0.3) is 0 Å². The van der Waals surface area contributed by atoms with Gasteiger partial charge in [-0.25, -0.2) is 5.48 Å². The first kappa shape index (κ1) is 20.2. The largest absolute Gasteiger partial charge is 0.395 e. The van der Waals surface area contributed by atoms with Crippen LogP contribution in [0.4, 0.5) is 0 Å². The highest BCUT2D eigenvalue weighted by Crippen LogP contribution is 2.18. The van der Waals surface area contributed by atoms with E-state index >= 15 is 0 Å². The molecule has 8 nitrogen and oxygen atoms in total. The normalized spacial score (nSPS) is 12.2. The van der Waals surface area contributed by atoms with Crippen molar-refractivity contribution in [2.45, 2.75) is 18.9 Å². The lowest BCUT2D eigenvalue weighted by Crippen LogP contribution is -2.64. The van der Waals surface area contributed by atoms with Crippen molar-refractivity contribution in [3.8, 4) is 11.8 Å². The minimum absolute atomic E-state index is 0.0284. The minimum atomic E-state index is -1.93. The van der Waals surface area contributed by atoms with Gasteiger partial charge in [-0.15, -0.1) is 0 Å². The molecule has 8 heteroatoms. The highest BCUT2D eigenvalue weighted by Gasteiger charge is 2.47. The first-order chi connectivity index (χ1) is 11.8. The van der Waals surface area contributed by atoms with E-state index in [4.69, 9.17) is 10.3 Å². The predicted octanol–water partition coefficient (Wildman–Crippen LogP) is -0.497. The molecule has 0 saturated carbocycles.